The molecule has 1 unspecified atom stereocenters. The van der Waals surface area contributed by atoms with Gasteiger partial charge in [0.2, 0.25) is 0 Å². The smallest absolute Gasteiger partial charge is 0.187 e. The topological polar surface area (TPSA) is 89.7 Å². The Morgan fingerprint density at radius 2 is 2.06 bits per heavy atom. The van der Waals surface area contributed by atoms with E-state index >= 15 is 0 Å². The van der Waals surface area contributed by atoms with Crippen LogP contribution >= 0.6 is 11.3 Å². The highest BCUT2D eigenvalue weighted by Gasteiger charge is 2.20. The van der Waals surface area contributed by atoms with Gasteiger partial charge in [-0.1, -0.05) is 0 Å². The third kappa shape index (κ3) is 5.41. The van der Waals surface area contributed by atoms with Gasteiger partial charge in [0.15, 0.2) is 5.13 Å². The Bertz CT molecular complexity index is 1160. The molecule has 3 N–H and O–H groups in total. The molecule has 1 saturated heterocycles. The molecule has 1 aromatic heterocycles. The zero-order chi connectivity index (χ0) is 23.5. The number of anilines is 2. The van der Waals surface area contributed by atoms with Gasteiger partial charge in [-0.15, -0.1) is 11.3 Å². The predicted molar refractivity (Wildman–Crippen MR) is 133 cm³/mol. The molecule has 3 aromatic rings. The normalized spacial score (nSPS) is 17.2. The Morgan fingerprint density at radius 3 is 2.82 bits per heavy atom. The van der Waals surface area contributed by atoms with Crippen molar-refractivity contribution >= 4 is 33.1 Å². The lowest BCUT2D eigenvalue weighted by Gasteiger charge is -2.28. The molecule has 0 amide bonds. The third-order valence-corrected chi connectivity index (χ3v) is 7.54. The first-order valence-electron chi connectivity index (χ1n) is 11.3. The zero-order valence-electron chi connectivity index (χ0n) is 18.7. The summed E-state index contributed by atoms with van der Waals surface area (Å²) in [6.07, 6.45) is 1.35. The van der Waals surface area contributed by atoms with Crippen LogP contribution in [0.25, 0.3) is 11.3 Å². The van der Waals surface area contributed by atoms with Crippen LogP contribution in [-0.2, 0) is 17.4 Å². The van der Waals surface area contributed by atoms with Crippen molar-refractivity contribution in [3.63, 3.8) is 0 Å². The fraction of sp³-hybridized carbons (Fsp3) is 0.375. The van der Waals surface area contributed by atoms with Crippen LogP contribution in [0.15, 0.2) is 46.7 Å². The number of benzene rings is 2. The van der Waals surface area contributed by atoms with Crippen LogP contribution in [0.5, 0.6) is 11.5 Å². The summed E-state index contributed by atoms with van der Waals surface area (Å²) in [6.45, 7) is 3.58. The predicted octanol–water partition coefficient (Wildman–Crippen LogP) is 4.28. The van der Waals surface area contributed by atoms with Gasteiger partial charge in [0.25, 0.3) is 0 Å². The van der Waals surface area contributed by atoms with Crippen molar-refractivity contribution in [2.75, 3.05) is 38.2 Å². The number of thiazole rings is 1. The van der Waals surface area contributed by atoms with Gasteiger partial charge >= 0.3 is 0 Å². The molecule has 2 aliphatic rings. The standard InChI is InChI=1S/C24H27FN4O3S2/c25-18-5-8-29(9-6-18)10-12-31-19-3-1-16(2-4-19)22-15-33-24(28-22)27-21-14-20(34(26)30)13-17-7-11-32-23(17)21/h1-4,13-15,18H,5-12,26H2,(H,27,28). The van der Waals surface area contributed by atoms with Gasteiger partial charge in [-0.05, 0) is 49.2 Å². The number of likely N-dealkylation sites (tertiary alicyclic amines) is 1. The van der Waals surface area contributed by atoms with E-state index in [0.29, 0.717) is 36.1 Å². The highest BCUT2D eigenvalue weighted by atomic mass is 32.2. The minimum atomic E-state index is -1.56. The minimum Gasteiger partial charge on any atom is -0.492 e. The van der Waals surface area contributed by atoms with Crippen LogP contribution in [-0.4, -0.2) is 53.1 Å². The molecule has 0 bridgehead atoms. The first-order chi connectivity index (χ1) is 16.5. The molecule has 0 saturated carbocycles. The Hall–Kier alpha value is -2.53. The molecule has 0 radical (unpaired) electrons. The molecule has 1 atom stereocenters. The third-order valence-electron chi connectivity index (χ3n) is 6.08. The van der Waals surface area contributed by atoms with Gasteiger partial charge in [0.05, 0.1) is 22.9 Å². The molecular formula is C24H27FN4O3S2. The van der Waals surface area contributed by atoms with Gasteiger partial charge in [0.1, 0.15) is 35.3 Å². The maximum Gasteiger partial charge on any atom is 0.187 e. The molecular weight excluding hydrogens is 475 g/mol. The van der Waals surface area contributed by atoms with Crippen molar-refractivity contribution in [2.45, 2.75) is 30.3 Å². The summed E-state index contributed by atoms with van der Waals surface area (Å²) >= 11 is 1.48. The summed E-state index contributed by atoms with van der Waals surface area (Å²) in [7, 11) is -1.56. The van der Waals surface area contributed by atoms with E-state index in [-0.39, 0.29) is 0 Å². The van der Waals surface area contributed by atoms with Crippen LogP contribution in [0.4, 0.5) is 15.2 Å². The monoisotopic (exact) mass is 502 g/mol. The summed E-state index contributed by atoms with van der Waals surface area (Å²) in [5.74, 6) is 1.57. The second kappa shape index (κ2) is 10.4. The van der Waals surface area contributed by atoms with Gasteiger partial charge in [-0.25, -0.2) is 18.7 Å². The number of hydrogen-bond acceptors (Lipinski definition) is 7. The highest BCUT2D eigenvalue weighted by Crippen LogP contribution is 2.38. The number of aromatic nitrogens is 1. The molecule has 5 rings (SSSR count). The second-order valence-electron chi connectivity index (χ2n) is 8.41. The average molecular weight is 503 g/mol. The molecule has 0 aliphatic carbocycles. The summed E-state index contributed by atoms with van der Waals surface area (Å²) in [4.78, 5) is 7.51. The number of alkyl halides is 1. The second-order valence-corrected chi connectivity index (χ2v) is 10.3. The minimum absolute atomic E-state index is 0.561. The number of piperidine rings is 1. The fourth-order valence-corrected chi connectivity index (χ4v) is 5.43. The Morgan fingerprint density at radius 1 is 1.26 bits per heavy atom. The van der Waals surface area contributed by atoms with E-state index in [4.69, 9.17) is 19.6 Å². The van der Waals surface area contributed by atoms with Crippen molar-refractivity contribution in [3.8, 4) is 22.8 Å². The maximum atomic E-state index is 13.2. The highest BCUT2D eigenvalue weighted by molar-refractivity contribution is 7.82. The summed E-state index contributed by atoms with van der Waals surface area (Å²) in [5.41, 5.74) is 3.56. The number of rotatable bonds is 8. The molecule has 180 valence electrons. The molecule has 2 aliphatic heterocycles. The van der Waals surface area contributed by atoms with Crippen molar-refractivity contribution in [1.29, 1.82) is 0 Å². The number of ether oxygens (including phenoxy) is 2. The van der Waals surface area contributed by atoms with Crippen LogP contribution < -0.4 is 19.9 Å². The Labute approximate surface area is 204 Å². The van der Waals surface area contributed by atoms with Crippen molar-refractivity contribution in [1.82, 2.24) is 9.88 Å². The van der Waals surface area contributed by atoms with Crippen LogP contribution in [0.1, 0.15) is 18.4 Å². The van der Waals surface area contributed by atoms with E-state index in [1.165, 1.54) is 11.3 Å². The lowest BCUT2D eigenvalue weighted by atomic mass is 10.1. The summed E-state index contributed by atoms with van der Waals surface area (Å²) in [5, 5.41) is 11.6. The largest absolute Gasteiger partial charge is 0.492 e. The Kier molecular flexibility index (Phi) is 7.10. The molecule has 34 heavy (non-hydrogen) atoms. The average Bonchev–Trinajstić information content (AvgIpc) is 3.51. The first kappa shape index (κ1) is 23.2. The summed E-state index contributed by atoms with van der Waals surface area (Å²) < 4.78 is 36.7. The maximum absolute atomic E-state index is 13.2. The van der Waals surface area contributed by atoms with Gasteiger partial charge < -0.3 is 14.8 Å². The van der Waals surface area contributed by atoms with Crippen LogP contribution in [0.3, 0.4) is 0 Å². The molecule has 2 aromatic carbocycles. The van der Waals surface area contributed by atoms with Gasteiger partial charge in [-0.2, -0.15) is 0 Å². The van der Waals surface area contributed by atoms with Crippen molar-refractivity contribution in [2.24, 2.45) is 5.14 Å². The van der Waals surface area contributed by atoms with E-state index in [0.717, 1.165) is 60.1 Å². The first-order valence-corrected chi connectivity index (χ1v) is 13.4. The SMILES string of the molecule is NS(=O)c1cc2c(c(Nc3nc(-c4ccc(OCCN5CCC(F)CC5)cc4)cs3)c1)OCC2. The van der Waals surface area contributed by atoms with E-state index in [1.54, 1.807) is 6.07 Å². The van der Waals surface area contributed by atoms with Gasteiger partial charge in [0, 0.05) is 42.6 Å². The molecule has 7 nitrogen and oxygen atoms in total. The van der Waals surface area contributed by atoms with E-state index < -0.39 is 17.2 Å². The van der Waals surface area contributed by atoms with E-state index in [9.17, 15) is 8.60 Å². The zero-order valence-corrected chi connectivity index (χ0v) is 20.3. The van der Waals surface area contributed by atoms with Crippen LogP contribution in [0, 0.1) is 0 Å². The fourth-order valence-electron chi connectivity index (χ4n) is 4.21. The van der Waals surface area contributed by atoms with Gasteiger partial charge in [-0.3, -0.25) is 4.90 Å². The quantitative estimate of drug-likeness (QED) is 0.478. The molecule has 1 fully saturated rings. The Balaban J connectivity index is 1.20. The molecule has 0 spiro atoms. The molecule has 10 heteroatoms. The molecule has 3 heterocycles. The van der Waals surface area contributed by atoms with Crippen molar-refractivity contribution in [3.05, 3.63) is 47.3 Å². The summed E-state index contributed by atoms with van der Waals surface area (Å²) in [6, 6.07) is 11.5. The number of hydrogen-bond donors (Lipinski definition) is 2. The number of nitrogens with one attached hydrogen (secondary N) is 1. The number of fused-ring (bicyclic) bond motifs is 1. The van der Waals surface area contributed by atoms with Crippen LogP contribution in [0.2, 0.25) is 0 Å². The number of nitrogens with zero attached hydrogens (tertiary/aromatic N) is 2. The van der Waals surface area contributed by atoms with E-state index in [2.05, 4.69) is 10.2 Å². The lowest BCUT2D eigenvalue weighted by molar-refractivity contribution is 0.132. The number of nitrogens with two attached hydrogens (primary N) is 1. The van der Waals surface area contributed by atoms with Crippen molar-refractivity contribution < 1.29 is 18.1 Å². The number of halogens is 1. The van der Waals surface area contributed by atoms with E-state index in [1.807, 2.05) is 35.7 Å². The lowest BCUT2D eigenvalue weighted by Crippen LogP contribution is -2.37.